The second-order valence-corrected chi connectivity index (χ2v) is 4.81. The molecule has 0 saturated carbocycles. The third-order valence-corrected chi connectivity index (χ3v) is 3.40. The molecule has 0 bridgehead atoms. The molecule has 0 aliphatic rings. The van der Waals surface area contributed by atoms with Gasteiger partial charge in [-0.05, 0) is 40.6 Å². The fraction of sp³-hybridized carbons (Fsp3) is 0.111. The van der Waals surface area contributed by atoms with Crippen LogP contribution in [0.3, 0.4) is 0 Å². The Balaban J connectivity index is 1.69. The first-order valence-electron chi connectivity index (χ1n) is 6.78. The maximum Gasteiger partial charge on any atom is 0.119 e. The Morgan fingerprint density at radius 1 is 0.800 bits per heavy atom. The zero-order valence-corrected chi connectivity index (χ0v) is 11.3. The van der Waals surface area contributed by atoms with Crippen LogP contribution < -0.4 is 10.5 Å². The summed E-state index contributed by atoms with van der Waals surface area (Å²) in [6.07, 6.45) is 0.895. The minimum atomic E-state index is 0.665. The van der Waals surface area contributed by atoms with E-state index in [9.17, 15) is 0 Å². The maximum atomic E-state index is 5.76. The van der Waals surface area contributed by atoms with Gasteiger partial charge in [-0.2, -0.15) is 0 Å². The van der Waals surface area contributed by atoms with Crippen LogP contribution in [0.2, 0.25) is 0 Å². The maximum absolute atomic E-state index is 5.76. The van der Waals surface area contributed by atoms with Crippen LogP contribution in [-0.4, -0.2) is 6.61 Å². The van der Waals surface area contributed by atoms with Crippen molar-refractivity contribution in [3.8, 4) is 5.75 Å². The van der Waals surface area contributed by atoms with E-state index in [1.165, 1.54) is 16.3 Å². The lowest BCUT2D eigenvalue weighted by molar-refractivity contribution is 0.322. The minimum absolute atomic E-state index is 0.665. The number of hydrogen-bond acceptors (Lipinski definition) is 2. The Labute approximate surface area is 118 Å². The molecule has 2 N–H and O–H groups in total. The van der Waals surface area contributed by atoms with Crippen molar-refractivity contribution in [2.75, 3.05) is 12.3 Å². The second-order valence-electron chi connectivity index (χ2n) is 4.81. The van der Waals surface area contributed by atoms with Crippen molar-refractivity contribution in [3.05, 3.63) is 72.3 Å². The van der Waals surface area contributed by atoms with E-state index in [-0.39, 0.29) is 0 Å². The van der Waals surface area contributed by atoms with Crippen LogP contribution in [0.4, 0.5) is 5.69 Å². The number of hydrogen-bond donors (Lipinski definition) is 1. The van der Waals surface area contributed by atoms with E-state index in [0.717, 1.165) is 17.9 Å². The SMILES string of the molecule is Nc1ccc(OCCc2cccc3ccccc23)cc1. The summed E-state index contributed by atoms with van der Waals surface area (Å²) >= 11 is 0. The zero-order valence-electron chi connectivity index (χ0n) is 11.3. The molecule has 100 valence electrons. The number of rotatable bonds is 4. The molecule has 0 saturated heterocycles. The number of nitrogen functional groups attached to an aromatic ring is 1. The fourth-order valence-corrected chi connectivity index (χ4v) is 2.35. The lowest BCUT2D eigenvalue weighted by Crippen LogP contribution is -2.01. The predicted octanol–water partition coefficient (Wildman–Crippen LogP) is 4.04. The van der Waals surface area contributed by atoms with Gasteiger partial charge in [0.15, 0.2) is 0 Å². The highest BCUT2D eigenvalue weighted by molar-refractivity contribution is 5.85. The average molecular weight is 263 g/mol. The summed E-state index contributed by atoms with van der Waals surface area (Å²) < 4.78 is 5.76. The summed E-state index contributed by atoms with van der Waals surface area (Å²) in [5.74, 6) is 0.861. The number of fused-ring (bicyclic) bond motifs is 1. The van der Waals surface area contributed by atoms with Crippen molar-refractivity contribution in [2.24, 2.45) is 0 Å². The van der Waals surface area contributed by atoms with Crippen molar-refractivity contribution >= 4 is 16.5 Å². The highest BCUT2D eigenvalue weighted by atomic mass is 16.5. The second kappa shape index (κ2) is 5.66. The summed E-state index contributed by atoms with van der Waals surface area (Å²) in [4.78, 5) is 0. The van der Waals surface area contributed by atoms with E-state index < -0.39 is 0 Å². The number of benzene rings is 3. The lowest BCUT2D eigenvalue weighted by atomic mass is 10.0. The minimum Gasteiger partial charge on any atom is -0.493 e. The van der Waals surface area contributed by atoms with Crippen LogP contribution in [0.25, 0.3) is 10.8 Å². The quantitative estimate of drug-likeness (QED) is 0.721. The molecule has 0 aliphatic carbocycles. The highest BCUT2D eigenvalue weighted by Crippen LogP contribution is 2.19. The molecule has 0 amide bonds. The molecule has 0 unspecified atom stereocenters. The normalized spacial score (nSPS) is 10.6. The number of nitrogens with two attached hydrogens (primary N) is 1. The van der Waals surface area contributed by atoms with Crippen molar-refractivity contribution in [1.29, 1.82) is 0 Å². The molecule has 0 spiro atoms. The summed E-state index contributed by atoms with van der Waals surface area (Å²) in [5, 5.41) is 2.58. The molecule has 0 atom stereocenters. The first-order chi connectivity index (χ1) is 9.83. The van der Waals surface area contributed by atoms with Crippen LogP contribution >= 0.6 is 0 Å². The first kappa shape index (κ1) is 12.5. The summed E-state index contributed by atoms with van der Waals surface area (Å²) in [6.45, 7) is 0.665. The van der Waals surface area contributed by atoms with Gasteiger partial charge in [0.05, 0.1) is 6.61 Å². The van der Waals surface area contributed by atoms with E-state index in [1.54, 1.807) is 0 Å². The van der Waals surface area contributed by atoms with Gasteiger partial charge in [0.2, 0.25) is 0 Å². The fourth-order valence-electron chi connectivity index (χ4n) is 2.35. The van der Waals surface area contributed by atoms with Gasteiger partial charge in [-0.1, -0.05) is 42.5 Å². The largest absolute Gasteiger partial charge is 0.493 e. The standard InChI is InChI=1S/C18H17NO/c19-16-8-10-17(11-9-16)20-13-12-15-6-3-5-14-4-1-2-7-18(14)15/h1-11H,12-13,19H2. The Hall–Kier alpha value is -2.48. The molecule has 0 heterocycles. The first-order valence-corrected chi connectivity index (χ1v) is 6.78. The molecule has 0 aromatic heterocycles. The zero-order chi connectivity index (χ0) is 13.8. The van der Waals surface area contributed by atoms with Crippen LogP contribution in [0.1, 0.15) is 5.56 Å². The van der Waals surface area contributed by atoms with Gasteiger partial charge < -0.3 is 10.5 Å². The molecule has 0 fully saturated rings. The Morgan fingerprint density at radius 3 is 2.40 bits per heavy atom. The van der Waals surface area contributed by atoms with Crippen molar-refractivity contribution in [1.82, 2.24) is 0 Å². The highest BCUT2D eigenvalue weighted by Gasteiger charge is 2.01. The average Bonchev–Trinajstić information content (AvgIpc) is 2.49. The van der Waals surface area contributed by atoms with E-state index in [0.29, 0.717) is 6.61 Å². The van der Waals surface area contributed by atoms with Crippen LogP contribution in [-0.2, 0) is 6.42 Å². The van der Waals surface area contributed by atoms with Gasteiger partial charge in [0, 0.05) is 12.1 Å². The summed E-state index contributed by atoms with van der Waals surface area (Å²) in [5.41, 5.74) is 7.73. The van der Waals surface area contributed by atoms with E-state index in [1.807, 2.05) is 24.3 Å². The summed E-state index contributed by atoms with van der Waals surface area (Å²) in [6, 6.07) is 22.4. The van der Waals surface area contributed by atoms with Gasteiger partial charge in [0.25, 0.3) is 0 Å². The Morgan fingerprint density at radius 2 is 1.55 bits per heavy atom. The van der Waals surface area contributed by atoms with Crippen molar-refractivity contribution < 1.29 is 4.74 Å². The molecular formula is C18H17NO. The van der Waals surface area contributed by atoms with Crippen molar-refractivity contribution in [3.63, 3.8) is 0 Å². The molecular weight excluding hydrogens is 246 g/mol. The smallest absolute Gasteiger partial charge is 0.119 e. The Kier molecular flexibility index (Phi) is 3.55. The van der Waals surface area contributed by atoms with Gasteiger partial charge in [-0.25, -0.2) is 0 Å². The Bertz CT molecular complexity index is 699. The van der Waals surface area contributed by atoms with Crippen LogP contribution in [0.5, 0.6) is 5.75 Å². The predicted molar refractivity (Wildman–Crippen MR) is 84.0 cm³/mol. The van der Waals surface area contributed by atoms with E-state index >= 15 is 0 Å². The molecule has 0 aliphatic heterocycles. The van der Waals surface area contributed by atoms with Gasteiger partial charge in [-0.3, -0.25) is 0 Å². The van der Waals surface area contributed by atoms with Crippen molar-refractivity contribution in [2.45, 2.75) is 6.42 Å². The van der Waals surface area contributed by atoms with Crippen LogP contribution in [0, 0.1) is 0 Å². The molecule has 2 nitrogen and oxygen atoms in total. The number of anilines is 1. The van der Waals surface area contributed by atoms with Gasteiger partial charge in [-0.15, -0.1) is 0 Å². The number of ether oxygens (including phenoxy) is 1. The lowest BCUT2D eigenvalue weighted by Gasteiger charge is -2.09. The third-order valence-electron chi connectivity index (χ3n) is 3.40. The molecule has 3 rings (SSSR count). The molecule has 3 aromatic rings. The van der Waals surface area contributed by atoms with Gasteiger partial charge in [0.1, 0.15) is 5.75 Å². The molecule has 20 heavy (non-hydrogen) atoms. The van der Waals surface area contributed by atoms with E-state index in [2.05, 4.69) is 42.5 Å². The molecule has 3 aromatic carbocycles. The van der Waals surface area contributed by atoms with Crippen LogP contribution in [0.15, 0.2) is 66.7 Å². The topological polar surface area (TPSA) is 35.2 Å². The third kappa shape index (κ3) is 2.75. The molecule has 0 radical (unpaired) electrons. The van der Waals surface area contributed by atoms with Gasteiger partial charge >= 0.3 is 0 Å². The summed E-state index contributed by atoms with van der Waals surface area (Å²) in [7, 11) is 0. The molecule has 2 heteroatoms. The monoisotopic (exact) mass is 263 g/mol. The van der Waals surface area contributed by atoms with E-state index in [4.69, 9.17) is 10.5 Å².